The molecule has 33 heavy (non-hydrogen) atoms. The number of aromatic nitrogens is 4. The molecule has 0 bridgehead atoms. The fraction of sp³-hybridized carbons (Fsp3) is 0.0400. The first-order chi connectivity index (χ1) is 16.1. The minimum absolute atomic E-state index is 0.346. The number of aromatic amines is 1. The van der Waals surface area contributed by atoms with E-state index in [2.05, 4.69) is 25.8 Å². The van der Waals surface area contributed by atoms with E-state index in [4.69, 9.17) is 9.40 Å². The van der Waals surface area contributed by atoms with Crippen molar-refractivity contribution < 1.29 is 4.42 Å². The van der Waals surface area contributed by atoms with Crippen molar-refractivity contribution in [2.75, 3.05) is 10.6 Å². The molecule has 0 unspecified atom stereocenters. The molecule has 0 saturated carbocycles. The molecule has 3 aromatic carbocycles. The summed E-state index contributed by atoms with van der Waals surface area (Å²) in [6, 6.07) is 22.6. The van der Waals surface area contributed by atoms with Crippen LogP contribution in [-0.4, -0.2) is 20.2 Å². The molecule has 0 atom stereocenters. The third-order valence-corrected chi connectivity index (χ3v) is 5.43. The number of anilines is 4. The number of H-pyrrole nitrogens is 1. The van der Waals surface area contributed by atoms with E-state index in [-0.39, 0.29) is 5.63 Å². The van der Waals surface area contributed by atoms with E-state index in [1.54, 1.807) is 12.1 Å². The topological polar surface area (TPSA) is 109 Å². The van der Waals surface area contributed by atoms with Gasteiger partial charge < -0.3 is 15.1 Å². The van der Waals surface area contributed by atoms with Gasteiger partial charge in [0.15, 0.2) is 5.82 Å². The Balaban J connectivity index is 1.44. The quantitative estimate of drug-likeness (QED) is 0.251. The number of benzene rings is 3. The first-order valence-corrected chi connectivity index (χ1v) is 10.4. The average Bonchev–Trinajstić information content (AvgIpc) is 3.24. The van der Waals surface area contributed by atoms with Gasteiger partial charge in [0, 0.05) is 28.2 Å². The summed E-state index contributed by atoms with van der Waals surface area (Å²) in [5.41, 5.74) is 2.70. The molecule has 6 rings (SSSR count). The summed E-state index contributed by atoms with van der Waals surface area (Å²) in [7, 11) is 0. The fourth-order valence-corrected chi connectivity index (χ4v) is 3.92. The molecule has 0 radical (unpaired) electrons. The summed E-state index contributed by atoms with van der Waals surface area (Å²) in [5.74, 6) is 1.76. The van der Waals surface area contributed by atoms with Crippen LogP contribution in [0.4, 0.5) is 23.3 Å². The monoisotopic (exact) mass is 434 g/mol. The SMILES string of the molecule is Cc1cc(Nc2nc(Nc3ccc4oc(=O)c5ccccc5c4c3)nc3ccccc23)n[nH]1. The number of nitrogens with one attached hydrogen (secondary N) is 3. The van der Waals surface area contributed by atoms with Crippen LogP contribution in [0.3, 0.4) is 0 Å². The Bertz CT molecular complexity index is 1720. The molecule has 160 valence electrons. The second-order valence-corrected chi connectivity index (χ2v) is 7.75. The molecule has 0 aliphatic heterocycles. The van der Waals surface area contributed by atoms with Gasteiger partial charge in [0.2, 0.25) is 5.95 Å². The summed E-state index contributed by atoms with van der Waals surface area (Å²) < 4.78 is 5.49. The van der Waals surface area contributed by atoms with E-state index >= 15 is 0 Å². The molecule has 0 fully saturated rings. The zero-order chi connectivity index (χ0) is 22.4. The standard InChI is InChI=1S/C25H18N6O2/c1-14-12-22(31-30-14)28-23-18-8-4-5-9-20(18)27-25(29-23)26-15-10-11-21-19(13-15)16-6-2-3-7-17(16)24(32)33-21/h2-13H,1H3,(H3,26,27,28,29,30,31). The molecule has 0 saturated heterocycles. The number of nitrogens with zero attached hydrogens (tertiary/aromatic N) is 3. The van der Waals surface area contributed by atoms with Crippen LogP contribution >= 0.6 is 0 Å². The molecule has 0 spiro atoms. The second-order valence-electron chi connectivity index (χ2n) is 7.75. The minimum atomic E-state index is -0.346. The van der Waals surface area contributed by atoms with Crippen molar-refractivity contribution in [3.63, 3.8) is 0 Å². The summed E-state index contributed by atoms with van der Waals surface area (Å²) in [6.07, 6.45) is 0. The number of hydrogen-bond donors (Lipinski definition) is 3. The van der Waals surface area contributed by atoms with Crippen LogP contribution < -0.4 is 16.3 Å². The van der Waals surface area contributed by atoms with E-state index in [9.17, 15) is 4.79 Å². The molecule has 3 N–H and O–H groups in total. The van der Waals surface area contributed by atoms with Crippen LogP contribution in [0, 0.1) is 6.92 Å². The van der Waals surface area contributed by atoms with Crippen molar-refractivity contribution in [2.45, 2.75) is 6.92 Å². The van der Waals surface area contributed by atoms with Crippen LogP contribution in [0.1, 0.15) is 5.69 Å². The third kappa shape index (κ3) is 3.43. The Morgan fingerprint density at radius 1 is 0.818 bits per heavy atom. The number of para-hydroxylation sites is 1. The van der Waals surface area contributed by atoms with Gasteiger partial charge in [-0.2, -0.15) is 10.1 Å². The lowest BCUT2D eigenvalue weighted by Crippen LogP contribution is -2.03. The van der Waals surface area contributed by atoms with Gasteiger partial charge >= 0.3 is 5.63 Å². The largest absolute Gasteiger partial charge is 0.422 e. The Kier molecular flexibility index (Phi) is 4.29. The van der Waals surface area contributed by atoms with Gasteiger partial charge in [0.1, 0.15) is 11.4 Å². The van der Waals surface area contributed by atoms with Crippen molar-refractivity contribution in [2.24, 2.45) is 0 Å². The van der Waals surface area contributed by atoms with Crippen LogP contribution in [0.25, 0.3) is 32.6 Å². The van der Waals surface area contributed by atoms with Gasteiger partial charge in [-0.05, 0) is 48.7 Å². The minimum Gasteiger partial charge on any atom is -0.422 e. The van der Waals surface area contributed by atoms with Gasteiger partial charge in [-0.15, -0.1) is 0 Å². The Labute approximate surface area is 187 Å². The first kappa shape index (κ1) is 19.0. The number of fused-ring (bicyclic) bond motifs is 4. The highest BCUT2D eigenvalue weighted by Gasteiger charge is 2.11. The van der Waals surface area contributed by atoms with E-state index in [1.165, 1.54) is 0 Å². The zero-order valence-electron chi connectivity index (χ0n) is 17.6. The maximum Gasteiger partial charge on any atom is 0.344 e. The van der Waals surface area contributed by atoms with Gasteiger partial charge in [0.05, 0.1) is 10.9 Å². The third-order valence-electron chi connectivity index (χ3n) is 5.43. The predicted molar refractivity (Wildman–Crippen MR) is 129 cm³/mol. The molecule has 6 aromatic rings. The van der Waals surface area contributed by atoms with Crippen LogP contribution in [-0.2, 0) is 0 Å². The summed E-state index contributed by atoms with van der Waals surface area (Å²) >= 11 is 0. The average molecular weight is 434 g/mol. The Morgan fingerprint density at radius 3 is 2.42 bits per heavy atom. The van der Waals surface area contributed by atoms with Crippen molar-refractivity contribution in [3.05, 3.63) is 88.9 Å². The van der Waals surface area contributed by atoms with Gasteiger partial charge in [-0.25, -0.2) is 9.78 Å². The summed E-state index contributed by atoms with van der Waals surface area (Å²) in [6.45, 7) is 1.94. The molecule has 0 aliphatic rings. The zero-order valence-corrected chi connectivity index (χ0v) is 17.6. The lowest BCUT2D eigenvalue weighted by Gasteiger charge is -2.11. The molecule has 3 heterocycles. The molecule has 8 nitrogen and oxygen atoms in total. The maximum absolute atomic E-state index is 12.3. The second kappa shape index (κ2) is 7.45. The smallest absolute Gasteiger partial charge is 0.344 e. The summed E-state index contributed by atoms with van der Waals surface area (Å²) in [5, 5.41) is 16.8. The van der Waals surface area contributed by atoms with Crippen molar-refractivity contribution >= 4 is 55.9 Å². The molecule has 3 aromatic heterocycles. The molecule has 8 heteroatoms. The highest BCUT2D eigenvalue weighted by atomic mass is 16.4. The van der Waals surface area contributed by atoms with E-state index < -0.39 is 0 Å². The van der Waals surface area contributed by atoms with Crippen molar-refractivity contribution in [1.29, 1.82) is 0 Å². The van der Waals surface area contributed by atoms with E-state index in [0.29, 0.717) is 28.6 Å². The normalized spacial score (nSPS) is 11.3. The van der Waals surface area contributed by atoms with Crippen molar-refractivity contribution in [1.82, 2.24) is 20.2 Å². The van der Waals surface area contributed by atoms with E-state index in [1.807, 2.05) is 67.6 Å². The Morgan fingerprint density at radius 2 is 1.61 bits per heavy atom. The molecular formula is C25H18N6O2. The van der Waals surface area contributed by atoms with Crippen LogP contribution in [0.15, 0.2) is 82.0 Å². The van der Waals surface area contributed by atoms with Gasteiger partial charge in [0.25, 0.3) is 0 Å². The van der Waals surface area contributed by atoms with Gasteiger partial charge in [-0.1, -0.05) is 30.3 Å². The first-order valence-electron chi connectivity index (χ1n) is 10.4. The number of hydrogen-bond acceptors (Lipinski definition) is 7. The lowest BCUT2D eigenvalue weighted by atomic mass is 10.1. The van der Waals surface area contributed by atoms with Crippen LogP contribution in [0.5, 0.6) is 0 Å². The Hall–Kier alpha value is -4.72. The number of aryl methyl sites for hydroxylation is 1. The van der Waals surface area contributed by atoms with Crippen molar-refractivity contribution in [3.8, 4) is 0 Å². The molecular weight excluding hydrogens is 416 g/mol. The lowest BCUT2D eigenvalue weighted by molar-refractivity contribution is 0.570. The highest BCUT2D eigenvalue weighted by molar-refractivity contribution is 6.05. The number of rotatable bonds is 4. The predicted octanol–water partition coefficient (Wildman–Crippen LogP) is 5.41. The summed E-state index contributed by atoms with van der Waals surface area (Å²) in [4.78, 5) is 21.6. The van der Waals surface area contributed by atoms with E-state index in [0.717, 1.165) is 33.1 Å². The molecule has 0 aliphatic carbocycles. The maximum atomic E-state index is 12.3. The van der Waals surface area contributed by atoms with Gasteiger partial charge in [-0.3, -0.25) is 5.10 Å². The fourth-order valence-electron chi connectivity index (χ4n) is 3.92. The highest BCUT2D eigenvalue weighted by Crippen LogP contribution is 2.29. The van der Waals surface area contributed by atoms with Crippen LogP contribution in [0.2, 0.25) is 0 Å². The molecule has 0 amide bonds.